The quantitative estimate of drug-likeness (QED) is 0.849. The van der Waals surface area contributed by atoms with Crippen LogP contribution in [0.4, 0.5) is 0 Å². The van der Waals surface area contributed by atoms with Crippen molar-refractivity contribution in [1.82, 2.24) is 9.80 Å². The summed E-state index contributed by atoms with van der Waals surface area (Å²) in [6.45, 7) is 6.65. The van der Waals surface area contributed by atoms with Crippen LogP contribution in [-0.4, -0.2) is 48.1 Å². The highest BCUT2D eigenvalue weighted by Gasteiger charge is 2.20. The van der Waals surface area contributed by atoms with E-state index in [-0.39, 0.29) is 0 Å². The van der Waals surface area contributed by atoms with Crippen LogP contribution in [-0.2, 0) is 0 Å². The number of nitrogens with zero attached hydrogens (tertiary/aromatic N) is 2. The van der Waals surface area contributed by atoms with Crippen molar-refractivity contribution >= 4 is 0 Å². The molecule has 1 N–H and O–H groups in total. The van der Waals surface area contributed by atoms with Crippen LogP contribution in [0.25, 0.3) is 0 Å². The van der Waals surface area contributed by atoms with Crippen molar-refractivity contribution in [1.29, 1.82) is 0 Å². The Hall–Kier alpha value is -1.06. The van der Waals surface area contributed by atoms with Crippen LogP contribution in [0.15, 0.2) is 24.3 Å². The van der Waals surface area contributed by atoms with Gasteiger partial charge >= 0.3 is 0 Å². The Labute approximate surface area is 104 Å². The van der Waals surface area contributed by atoms with Gasteiger partial charge in [-0.15, -0.1) is 0 Å². The SMILES string of the molecule is CC(c1ccccc1O)N1CCCN(C)CC1. The maximum atomic E-state index is 9.90. The van der Waals surface area contributed by atoms with Gasteiger partial charge in [-0.3, -0.25) is 4.90 Å². The molecule has 1 aliphatic rings. The summed E-state index contributed by atoms with van der Waals surface area (Å²) >= 11 is 0. The van der Waals surface area contributed by atoms with Gasteiger partial charge in [0.25, 0.3) is 0 Å². The maximum Gasteiger partial charge on any atom is 0.120 e. The Bertz CT molecular complexity index is 367. The number of phenolic OH excluding ortho intramolecular Hbond substituents is 1. The summed E-state index contributed by atoms with van der Waals surface area (Å²) in [4.78, 5) is 4.83. The minimum atomic E-state index is 0.294. The number of benzene rings is 1. The highest BCUT2D eigenvalue weighted by atomic mass is 16.3. The van der Waals surface area contributed by atoms with Gasteiger partial charge in [0, 0.05) is 31.2 Å². The van der Waals surface area contributed by atoms with Crippen LogP contribution in [0.1, 0.15) is 24.9 Å². The molecule has 94 valence electrons. The van der Waals surface area contributed by atoms with E-state index in [1.54, 1.807) is 6.07 Å². The van der Waals surface area contributed by atoms with Gasteiger partial charge in [0.15, 0.2) is 0 Å². The predicted octanol–water partition coefficient (Wildman–Crippen LogP) is 2.09. The smallest absolute Gasteiger partial charge is 0.120 e. The summed E-state index contributed by atoms with van der Waals surface area (Å²) < 4.78 is 0. The van der Waals surface area contributed by atoms with Crippen LogP contribution in [0.3, 0.4) is 0 Å². The molecule has 0 aliphatic carbocycles. The molecule has 0 saturated carbocycles. The topological polar surface area (TPSA) is 26.7 Å². The molecule has 1 heterocycles. The molecule has 1 atom stereocenters. The van der Waals surface area contributed by atoms with Crippen molar-refractivity contribution in [3.8, 4) is 5.75 Å². The molecular formula is C14H22N2O. The Kier molecular flexibility index (Phi) is 4.02. The second-order valence-corrected chi connectivity index (χ2v) is 4.93. The number of likely N-dealkylation sites (N-methyl/N-ethyl adjacent to an activating group) is 1. The molecule has 0 spiro atoms. The highest BCUT2D eigenvalue weighted by molar-refractivity contribution is 5.34. The van der Waals surface area contributed by atoms with Crippen molar-refractivity contribution in [3.05, 3.63) is 29.8 Å². The second-order valence-electron chi connectivity index (χ2n) is 4.93. The van der Waals surface area contributed by atoms with Crippen molar-refractivity contribution in [2.75, 3.05) is 33.2 Å². The summed E-state index contributed by atoms with van der Waals surface area (Å²) in [5.74, 6) is 0.414. The van der Waals surface area contributed by atoms with Gasteiger partial charge in [-0.2, -0.15) is 0 Å². The fraction of sp³-hybridized carbons (Fsp3) is 0.571. The number of phenols is 1. The van der Waals surface area contributed by atoms with Crippen LogP contribution >= 0.6 is 0 Å². The third-order valence-corrected chi connectivity index (χ3v) is 3.69. The zero-order valence-corrected chi connectivity index (χ0v) is 10.8. The van der Waals surface area contributed by atoms with Crippen LogP contribution in [0.5, 0.6) is 5.75 Å². The second kappa shape index (κ2) is 5.52. The monoisotopic (exact) mass is 234 g/mol. The summed E-state index contributed by atoms with van der Waals surface area (Å²) in [6.07, 6.45) is 1.20. The minimum Gasteiger partial charge on any atom is -0.508 e. The van der Waals surface area contributed by atoms with E-state index in [1.807, 2.05) is 18.2 Å². The van der Waals surface area contributed by atoms with Crippen LogP contribution < -0.4 is 0 Å². The number of hydrogen-bond acceptors (Lipinski definition) is 3. The largest absolute Gasteiger partial charge is 0.508 e. The van der Waals surface area contributed by atoms with Gasteiger partial charge in [0.1, 0.15) is 5.75 Å². The molecule has 1 aromatic carbocycles. The lowest BCUT2D eigenvalue weighted by atomic mass is 10.1. The Morgan fingerprint density at radius 2 is 1.88 bits per heavy atom. The number of aromatic hydroxyl groups is 1. The first-order valence-corrected chi connectivity index (χ1v) is 6.39. The molecule has 1 aliphatic heterocycles. The minimum absolute atomic E-state index is 0.294. The number of hydrogen-bond donors (Lipinski definition) is 1. The van der Waals surface area contributed by atoms with E-state index in [0.717, 1.165) is 25.2 Å². The molecule has 1 aromatic rings. The van der Waals surface area contributed by atoms with Crippen molar-refractivity contribution in [2.45, 2.75) is 19.4 Å². The van der Waals surface area contributed by atoms with Gasteiger partial charge in [-0.25, -0.2) is 0 Å². The third-order valence-electron chi connectivity index (χ3n) is 3.69. The first kappa shape index (κ1) is 12.4. The summed E-state index contributed by atoms with van der Waals surface area (Å²) in [5, 5.41) is 9.90. The number of rotatable bonds is 2. The van der Waals surface area contributed by atoms with E-state index in [2.05, 4.69) is 23.8 Å². The van der Waals surface area contributed by atoms with Crippen molar-refractivity contribution < 1.29 is 5.11 Å². The molecule has 2 rings (SSSR count). The zero-order chi connectivity index (χ0) is 12.3. The standard InChI is InChI=1S/C14H22N2O/c1-12(13-6-3-4-7-14(13)17)16-9-5-8-15(2)10-11-16/h3-4,6-7,12,17H,5,8-11H2,1-2H3. The van der Waals surface area contributed by atoms with Gasteiger partial charge in [0.2, 0.25) is 0 Å². The summed E-state index contributed by atoms with van der Waals surface area (Å²) in [5.41, 5.74) is 1.04. The average molecular weight is 234 g/mol. The molecule has 3 nitrogen and oxygen atoms in total. The third kappa shape index (κ3) is 2.99. The number of para-hydroxylation sites is 1. The van der Waals surface area contributed by atoms with E-state index in [1.165, 1.54) is 13.0 Å². The molecule has 0 bridgehead atoms. The van der Waals surface area contributed by atoms with E-state index in [4.69, 9.17) is 0 Å². The Balaban J connectivity index is 2.09. The molecule has 1 fully saturated rings. The summed E-state index contributed by atoms with van der Waals surface area (Å²) in [6, 6.07) is 7.96. The molecule has 0 amide bonds. The Morgan fingerprint density at radius 1 is 1.12 bits per heavy atom. The first-order valence-electron chi connectivity index (χ1n) is 6.39. The van der Waals surface area contributed by atoms with Gasteiger partial charge < -0.3 is 10.0 Å². The molecule has 1 unspecified atom stereocenters. The molecule has 0 radical (unpaired) electrons. The molecule has 3 heteroatoms. The molecule has 0 aromatic heterocycles. The molecule has 17 heavy (non-hydrogen) atoms. The predicted molar refractivity (Wildman–Crippen MR) is 70.2 cm³/mol. The van der Waals surface area contributed by atoms with Crippen LogP contribution in [0.2, 0.25) is 0 Å². The van der Waals surface area contributed by atoms with E-state index in [9.17, 15) is 5.11 Å². The van der Waals surface area contributed by atoms with Gasteiger partial charge in [-0.05, 0) is 33.0 Å². The molecule has 1 saturated heterocycles. The lowest BCUT2D eigenvalue weighted by Crippen LogP contribution is -2.31. The average Bonchev–Trinajstić information content (AvgIpc) is 2.54. The zero-order valence-electron chi connectivity index (χ0n) is 10.8. The fourth-order valence-corrected chi connectivity index (χ4v) is 2.49. The fourth-order valence-electron chi connectivity index (χ4n) is 2.49. The summed E-state index contributed by atoms with van der Waals surface area (Å²) in [7, 11) is 2.17. The van der Waals surface area contributed by atoms with Crippen LogP contribution in [0, 0.1) is 0 Å². The lowest BCUT2D eigenvalue weighted by Gasteiger charge is -2.28. The van der Waals surface area contributed by atoms with E-state index in [0.29, 0.717) is 11.8 Å². The van der Waals surface area contributed by atoms with E-state index >= 15 is 0 Å². The first-order chi connectivity index (χ1) is 8.18. The van der Waals surface area contributed by atoms with E-state index < -0.39 is 0 Å². The highest BCUT2D eigenvalue weighted by Crippen LogP contribution is 2.28. The normalized spacial score (nSPS) is 21.1. The molecular weight excluding hydrogens is 212 g/mol. The van der Waals surface area contributed by atoms with Gasteiger partial charge in [-0.1, -0.05) is 18.2 Å². The van der Waals surface area contributed by atoms with Gasteiger partial charge in [0.05, 0.1) is 0 Å². The van der Waals surface area contributed by atoms with Crippen molar-refractivity contribution in [3.63, 3.8) is 0 Å². The Morgan fingerprint density at radius 3 is 2.65 bits per heavy atom. The van der Waals surface area contributed by atoms with Crippen molar-refractivity contribution in [2.24, 2.45) is 0 Å². The maximum absolute atomic E-state index is 9.90. The lowest BCUT2D eigenvalue weighted by molar-refractivity contribution is 0.213.